The van der Waals surface area contributed by atoms with E-state index in [0.29, 0.717) is 13.0 Å². The van der Waals surface area contributed by atoms with Gasteiger partial charge in [0.25, 0.3) is 0 Å². The molecule has 142 valence electrons. The largest absolute Gasteiger partial charge is 0.444 e. The van der Waals surface area contributed by atoms with Gasteiger partial charge in [0.1, 0.15) is 5.60 Å². The number of hydrogen-bond acceptors (Lipinski definition) is 5. The highest BCUT2D eigenvalue weighted by Crippen LogP contribution is 2.28. The summed E-state index contributed by atoms with van der Waals surface area (Å²) in [5, 5.41) is 0. The molecule has 0 fully saturated rings. The minimum Gasteiger partial charge on any atom is -0.444 e. The second-order valence-electron chi connectivity index (χ2n) is 6.80. The van der Waals surface area contributed by atoms with Gasteiger partial charge >= 0.3 is 12.3 Å². The van der Waals surface area contributed by atoms with Gasteiger partial charge in [0.2, 0.25) is 5.95 Å². The van der Waals surface area contributed by atoms with Crippen LogP contribution in [0.3, 0.4) is 0 Å². The lowest BCUT2D eigenvalue weighted by Gasteiger charge is -2.32. The van der Waals surface area contributed by atoms with E-state index in [-0.39, 0.29) is 12.0 Å². The summed E-state index contributed by atoms with van der Waals surface area (Å²) in [6, 6.07) is -0.203. The van der Waals surface area contributed by atoms with Crippen molar-refractivity contribution < 1.29 is 22.7 Å². The molecular weight excluding hydrogens is 337 g/mol. The molecule has 0 aliphatic rings. The molecule has 1 aromatic heterocycles. The molecule has 0 saturated heterocycles. The first-order chi connectivity index (χ1) is 11.3. The Labute approximate surface area is 146 Å². The number of halogens is 3. The minimum atomic E-state index is -4.47. The van der Waals surface area contributed by atoms with Crippen LogP contribution in [0.5, 0.6) is 0 Å². The zero-order valence-electron chi connectivity index (χ0n) is 15.4. The van der Waals surface area contributed by atoms with Crippen LogP contribution in [-0.4, -0.2) is 53.2 Å². The fourth-order valence-electron chi connectivity index (χ4n) is 2.07. The predicted molar refractivity (Wildman–Crippen MR) is 88.4 cm³/mol. The van der Waals surface area contributed by atoms with Crippen molar-refractivity contribution in [1.82, 2.24) is 14.9 Å². The molecule has 0 N–H and O–H groups in total. The summed E-state index contributed by atoms with van der Waals surface area (Å²) < 4.78 is 43.0. The standard InChI is InChI=1S/C16H25F3N4O2/c1-7-12(23(6)14(24)25-15(2,3)4)10-22(5)13-20-8-11(9-21-13)16(17,18)19/h8-9,12H,7,10H2,1-6H3. The summed E-state index contributed by atoms with van der Waals surface area (Å²) in [5.41, 5.74) is -1.51. The second kappa shape index (κ2) is 7.88. The molecular formula is C16H25F3N4O2. The van der Waals surface area contributed by atoms with Gasteiger partial charge in [-0.15, -0.1) is 0 Å². The van der Waals surface area contributed by atoms with Gasteiger partial charge in [0.15, 0.2) is 0 Å². The highest BCUT2D eigenvalue weighted by Gasteiger charge is 2.31. The molecule has 1 atom stereocenters. The number of hydrogen-bond donors (Lipinski definition) is 0. The van der Waals surface area contributed by atoms with Gasteiger partial charge in [-0.3, -0.25) is 0 Å². The quantitative estimate of drug-likeness (QED) is 0.801. The molecule has 1 rings (SSSR count). The Hall–Kier alpha value is -2.06. The number of likely N-dealkylation sites (N-methyl/N-ethyl adjacent to an activating group) is 2. The van der Waals surface area contributed by atoms with Crippen LogP contribution in [0.25, 0.3) is 0 Å². The summed E-state index contributed by atoms with van der Waals surface area (Å²) in [6.45, 7) is 7.61. The average Bonchev–Trinajstić information content (AvgIpc) is 2.49. The van der Waals surface area contributed by atoms with Crippen LogP contribution in [0, 0.1) is 0 Å². The predicted octanol–water partition coefficient (Wildman–Crippen LogP) is 3.58. The summed E-state index contributed by atoms with van der Waals surface area (Å²) in [6.07, 6.45) is -2.80. The third-order valence-electron chi connectivity index (χ3n) is 3.49. The van der Waals surface area contributed by atoms with E-state index in [4.69, 9.17) is 4.74 Å². The monoisotopic (exact) mass is 362 g/mol. The van der Waals surface area contributed by atoms with Crippen molar-refractivity contribution >= 4 is 12.0 Å². The molecule has 0 saturated carbocycles. The van der Waals surface area contributed by atoms with Gasteiger partial charge in [0, 0.05) is 33.0 Å². The summed E-state index contributed by atoms with van der Waals surface area (Å²) in [4.78, 5) is 22.8. The number of ether oxygens (including phenoxy) is 1. The van der Waals surface area contributed by atoms with E-state index in [1.165, 1.54) is 4.90 Å². The normalized spacial score (nSPS) is 13.3. The van der Waals surface area contributed by atoms with Crippen LogP contribution in [-0.2, 0) is 10.9 Å². The second-order valence-corrected chi connectivity index (χ2v) is 6.80. The lowest BCUT2D eigenvalue weighted by Crippen LogP contribution is -2.46. The van der Waals surface area contributed by atoms with Crippen molar-refractivity contribution in [1.29, 1.82) is 0 Å². The average molecular weight is 362 g/mol. The molecule has 1 aromatic rings. The number of carbonyl (C=O) groups excluding carboxylic acids is 1. The van der Waals surface area contributed by atoms with Crippen LogP contribution in [0.15, 0.2) is 12.4 Å². The molecule has 25 heavy (non-hydrogen) atoms. The Bertz CT molecular complexity index is 570. The first-order valence-electron chi connectivity index (χ1n) is 7.91. The molecule has 9 heteroatoms. The molecule has 0 spiro atoms. The van der Waals surface area contributed by atoms with Crippen molar-refractivity contribution in [3.05, 3.63) is 18.0 Å². The Morgan fingerprint density at radius 3 is 2.12 bits per heavy atom. The number of aromatic nitrogens is 2. The van der Waals surface area contributed by atoms with E-state index in [9.17, 15) is 18.0 Å². The lowest BCUT2D eigenvalue weighted by atomic mass is 10.2. The summed E-state index contributed by atoms with van der Waals surface area (Å²) >= 11 is 0. The maximum absolute atomic E-state index is 12.6. The Morgan fingerprint density at radius 1 is 1.20 bits per heavy atom. The van der Waals surface area contributed by atoms with Gasteiger partial charge in [-0.25, -0.2) is 14.8 Å². The minimum absolute atomic E-state index is 0.157. The number of anilines is 1. The van der Waals surface area contributed by atoms with E-state index < -0.39 is 23.4 Å². The van der Waals surface area contributed by atoms with Gasteiger partial charge in [-0.2, -0.15) is 13.2 Å². The molecule has 0 aliphatic carbocycles. The summed E-state index contributed by atoms with van der Waals surface area (Å²) in [7, 11) is 3.29. The zero-order chi connectivity index (χ0) is 19.4. The molecule has 0 bridgehead atoms. The van der Waals surface area contributed by atoms with Crippen molar-refractivity contribution in [3.63, 3.8) is 0 Å². The van der Waals surface area contributed by atoms with E-state index in [1.807, 2.05) is 6.92 Å². The number of alkyl halides is 3. The first kappa shape index (κ1) is 21.0. The van der Waals surface area contributed by atoms with Crippen LogP contribution in [0.1, 0.15) is 39.7 Å². The van der Waals surface area contributed by atoms with E-state index in [2.05, 4.69) is 9.97 Å². The number of carbonyl (C=O) groups is 1. The molecule has 1 heterocycles. The van der Waals surface area contributed by atoms with Crippen molar-refractivity contribution in [2.24, 2.45) is 0 Å². The fourth-order valence-corrected chi connectivity index (χ4v) is 2.07. The number of amides is 1. The van der Waals surface area contributed by atoms with Crippen molar-refractivity contribution in [2.75, 3.05) is 25.5 Å². The molecule has 0 aliphatic heterocycles. The molecule has 1 unspecified atom stereocenters. The van der Waals surface area contributed by atoms with Gasteiger partial charge in [-0.1, -0.05) is 6.92 Å². The Kier molecular flexibility index (Phi) is 6.61. The van der Waals surface area contributed by atoms with E-state index in [0.717, 1.165) is 12.4 Å². The lowest BCUT2D eigenvalue weighted by molar-refractivity contribution is -0.138. The summed E-state index contributed by atoms with van der Waals surface area (Å²) in [5.74, 6) is 0.157. The fraction of sp³-hybridized carbons (Fsp3) is 0.688. The number of rotatable bonds is 5. The highest BCUT2D eigenvalue weighted by atomic mass is 19.4. The number of nitrogens with zero attached hydrogens (tertiary/aromatic N) is 4. The van der Waals surface area contributed by atoms with Gasteiger partial charge in [0.05, 0.1) is 11.6 Å². The molecule has 0 radical (unpaired) electrons. The van der Waals surface area contributed by atoms with Crippen LogP contribution >= 0.6 is 0 Å². The topological polar surface area (TPSA) is 58.6 Å². The van der Waals surface area contributed by atoms with Crippen LogP contribution in [0.4, 0.5) is 23.9 Å². The maximum Gasteiger partial charge on any atom is 0.419 e. The smallest absolute Gasteiger partial charge is 0.419 e. The zero-order valence-corrected chi connectivity index (χ0v) is 15.4. The van der Waals surface area contributed by atoms with Crippen LogP contribution < -0.4 is 4.90 Å². The maximum atomic E-state index is 12.6. The van der Waals surface area contributed by atoms with E-state index >= 15 is 0 Å². The highest BCUT2D eigenvalue weighted by molar-refractivity contribution is 5.68. The van der Waals surface area contributed by atoms with E-state index in [1.54, 1.807) is 39.8 Å². The molecule has 6 nitrogen and oxygen atoms in total. The molecule has 0 aromatic carbocycles. The van der Waals surface area contributed by atoms with Gasteiger partial charge in [-0.05, 0) is 27.2 Å². The van der Waals surface area contributed by atoms with Crippen LogP contribution in [0.2, 0.25) is 0 Å². The molecule has 1 amide bonds. The van der Waals surface area contributed by atoms with Gasteiger partial charge < -0.3 is 14.5 Å². The first-order valence-corrected chi connectivity index (χ1v) is 7.91. The Morgan fingerprint density at radius 2 is 1.72 bits per heavy atom. The third kappa shape index (κ3) is 6.39. The van der Waals surface area contributed by atoms with Crippen molar-refractivity contribution in [3.8, 4) is 0 Å². The third-order valence-corrected chi connectivity index (χ3v) is 3.49. The Balaban J connectivity index is 2.78. The van der Waals surface area contributed by atoms with Crippen molar-refractivity contribution in [2.45, 2.75) is 51.9 Å². The SMILES string of the molecule is CCC(CN(C)c1ncc(C(F)(F)F)cn1)N(C)C(=O)OC(C)(C)C.